The van der Waals surface area contributed by atoms with Crippen molar-refractivity contribution in [2.75, 3.05) is 6.61 Å². The maximum absolute atomic E-state index is 13.2. The zero-order chi connectivity index (χ0) is 18.0. The molecule has 1 aromatic carbocycles. The molecule has 0 aliphatic rings. The van der Waals surface area contributed by atoms with Crippen molar-refractivity contribution in [1.82, 2.24) is 19.8 Å². The van der Waals surface area contributed by atoms with Crippen LogP contribution in [0.25, 0.3) is 16.8 Å². The van der Waals surface area contributed by atoms with Crippen LogP contribution in [0, 0.1) is 12.7 Å². The largest absolute Gasteiger partial charge is 0.461 e. The Kier molecular flexibility index (Phi) is 4.74. The van der Waals surface area contributed by atoms with Crippen molar-refractivity contribution in [3.63, 3.8) is 0 Å². The van der Waals surface area contributed by atoms with Crippen molar-refractivity contribution in [3.05, 3.63) is 47.2 Å². The van der Waals surface area contributed by atoms with Crippen molar-refractivity contribution >= 4 is 11.6 Å². The van der Waals surface area contributed by atoms with Crippen LogP contribution in [-0.2, 0) is 11.2 Å². The molecule has 0 fully saturated rings. The van der Waals surface area contributed by atoms with Gasteiger partial charge in [0.25, 0.3) is 0 Å². The van der Waals surface area contributed by atoms with Crippen LogP contribution in [-0.4, -0.2) is 32.4 Å². The minimum absolute atomic E-state index is 0.185. The number of hydrogen-bond acceptors (Lipinski definition) is 5. The molecule has 0 unspecified atom stereocenters. The first-order valence-electron chi connectivity index (χ1n) is 8.24. The van der Waals surface area contributed by atoms with Crippen molar-refractivity contribution in [1.29, 1.82) is 0 Å². The van der Waals surface area contributed by atoms with E-state index < -0.39 is 5.97 Å². The number of carbonyl (C=O) groups excluding carboxylic acids is 1. The van der Waals surface area contributed by atoms with Crippen LogP contribution in [0.2, 0.25) is 0 Å². The van der Waals surface area contributed by atoms with Gasteiger partial charge in [-0.05, 0) is 38.0 Å². The summed E-state index contributed by atoms with van der Waals surface area (Å²) in [6.07, 6.45) is 1.43. The molecule has 0 spiro atoms. The minimum Gasteiger partial charge on any atom is -0.461 e. The van der Waals surface area contributed by atoms with Gasteiger partial charge in [-0.15, -0.1) is 10.2 Å². The van der Waals surface area contributed by atoms with E-state index in [0.29, 0.717) is 17.8 Å². The molecular formula is C18H19FN4O2. The Morgan fingerprint density at radius 2 is 1.92 bits per heavy atom. The van der Waals surface area contributed by atoms with E-state index in [1.165, 1.54) is 12.1 Å². The highest BCUT2D eigenvalue weighted by Crippen LogP contribution is 2.28. The molecular weight excluding hydrogens is 323 g/mol. The molecule has 0 saturated carbocycles. The van der Waals surface area contributed by atoms with Crippen molar-refractivity contribution in [3.8, 4) is 11.1 Å². The highest BCUT2D eigenvalue weighted by molar-refractivity contribution is 5.89. The molecule has 3 aromatic rings. The van der Waals surface area contributed by atoms with Crippen LogP contribution in [0.1, 0.15) is 42.1 Å². The second-order valence-electron chi connectivity index (χ2n) is 5.67. The number of esters is 1. The first-order valence-corrected chi connectivity index (χ1v) is 8.24. The normalized spacial score (nSPS) is 11.0. The van der Waals surface area contributed by atoms with Crippen molar-refractivity contribution in [2.24, 2.45) is 0 Å². The van der Waals surface area contributed by atoms with Gasteiger partial charge < -0.3 is 4.74 Å². The van der Waals surface area contributed by atoms with E-state index in [4.69, 9.17) is 4.74 Å². The highest BCUT2D eigenvalue weighted by atomic mass is 19.1. The number of benzene rings is 1. The summed E-state index contributed by atoms with van der Waals surface area (Å²) in [5.41, 5.74) is 3.71. The van der Waals surface area contributed by atoms with E-state index >= 15 is 0 Å². The van der Waals surface area contributed by atoms with Gasteiger partial charge in [-0.1, -0.05) is 25.5 Å². The monoisotopic (exact) mass is 342 g/mol. The van der Waals surface area contributed by atoms with Gasteiger partial charge in [0.2, 0.25) is 0 Å². The lowest BCUT2D eigenvalue weighted by molar-refractivity contribution is 0.0515. The average molecular weight is 342 g/mol. The topological polar surface area (TPSA) is 69.4 Å². The summed E-state index contributed by atoms with van der Waals surface area (Å²) in [7, 11) is 0. The summed E-state index contributed by atoms with van der Waals surface area (Å²) in [6, 6.07) is 6.15. The number of halogens is 1. The van der Waals surface area contributed by atoms with Crippen molar-refractivity contribution in [2.45, 2.75) is 33.6 Å². The van der Waals surface area contributed by atoms with Gasteiger partial charge in [0.15, 0.2) is 11.3 Å². The van der Waals surface area contributed by atoms with E-state index in [2.05, 4.69) is 15.3 Å². The number of hydrogen-bond donors (Lipinski definition) is 0. The molecule has 0 radical (unpaired) electrons. The Bertz CT molecular complexity index is 919. The quantitative estimate of drug-likeness (QED) is 0.665. The van der Waals surface area contributed by atoms with E-state index in [1.807, 2.05) is 13.8 Å². The fourth-order valence-corrected chi connectivity index (χ4v) is 2.82. The van der Waals surface area contributed by atoms with E-state index in [-0.39, 0.29) is 18.1 Å². The van der Waals surface area contributed by atoms with Crippen LogP contribution in [0.4, 0.5) is 4.39 Å². The number of aromatic nitrogens is 4. The molecule has 0 amide bonds. The van der Waals surface area contributed by atoms with Gasteiger partial charge in [0.05, 0.1) is 23.6 Å². The molecule has 0 N–H and O–H groups in total. The zero-order valence-corrected chi connectivity index (χ0v) is 14.4. The molecule has 130 valence electrons. The van der Waals surface area contributed by atoms with Crippen LogP contribution in [0.3, 0.4) is 0 Å². The SMILES string of the molecule is CCCc1c(C(=O)OCC)nnc2c(-c3ccc(F)cc3)c(C)nn12. The van der Waals surface area contributed by atoms with E-state index in [0.717, 1.165) is 23.2 Å². The average Bonchev–Trinajstić information content (AvgIpc) is 2.93. The molecule has 3 rings (SSSR count). The smallest absolute Gasteiger partial charge is 0.360 e. The van der Waals surface area contributed by atoms with Gasteiger partial charge in [0.1, 0.15) is 5.82 Å². The second-order valence-corrected chi connectivity index (χ2v) is 5.67. The number of aryl methyl sites for hydroxylation is 2. The molecule has 0 saturated heterocycles. The molecule has 7 heteroatoms. The fraction of sp³-hybridized carbons (Fsp3) is 0.333. The maximum Gasteiger partial charge on any atom is 0.360 e. The number of carbonyl (C=O) groups is 1. The predicted molar refractivity (Wildman–Crippen MR) is 90.9 cm³/mol. The van der Waals surface area contributed by atoms with Gasteiger partial charge in [-0.3, -0.25) is 0 Å². The third-order valence-corrected chi connectivity index (χ3v) is 3.90. The summed E-state index contributed by atoms with van der Waals surface area (Å²) in [4.78, 5) is 12.2. The lowest BCUT2D eigenvalue weighted by Gasteiger charge is -2.08. The van der Waals surface area contributed by atoms with Crippen molar-refractivity contribution < 1.29 is 13.9 Å². The number of ether oxygens (including phenoxy) is 1. The number of fused-ring (bicyclic) bond motifs is 1. The summed E-state index contributed by atoms with van der Waals surface area (Å²) >= 11 is 0. The first kappa shape index (κ1) is 17.0. The predicted octanol–water partition coefficient (Wildman–Crippen LogP) is 3.37. The van der Waals surface area contributed by atoms with Gasteiger partial charge in [-0.2, -0.15) is 5.10 Å². The molecule has 2 heterocycles. The lowest BCUT2D eigenvalue weighted by atomic mass is 10.1. The Morgan fingerprint density at radius 3 is 2.56 bits per heavy atom. The Balaban J connectivity index is 2.22. The molecule has 0 atom stereocenters. The Morgan fingerprint density at radius 1 is 1.20 bits per heavy atom. The summed E-state index contributed by atoms with van der Waals surface area (Å²) < 4.78 is 19.9. The van der Waals surface area contributed by atoms with Gasteiger partial charge in [-0.25, -0.2) is 13.7 Å². The standard InChI is InChI=1S/C18H19FN4O2/c1-4-6-14-16(18(24)25-5-2)20-21-17-15(11(3)22-23(14)17)12-7-9-13(19)10-8-12/h7-10H,4-6H2,1-3H3. The fourth-order valence-electron chi connectivity index (χ4n) is 2.82. The first-order chi connectivity index (χ1) is 12.1. The Hall–Kier alpha value is -2.83. The lowest BCUT2D eigenvalue weighted by Crippen LogP contribution is -2.16. The third kappa shape index (κ3) is 3.09. The summed E-state index contributed by atoms with van der Waals surface area (Å²) in [6.45, 7) is 5.88. The van der Waals surface area contributed by atoms with E-state index in [1.54, 1.807) is 23.6 Å². The third-order valence-electron chi connectivity index (χ3n) is 3.90. The molecule has 0 bridgehead atoms. The summed E-state index contributed by atoms with van der Waals surface area (Å²) in [5, 5.41) is 12.9. The summed E-state index contributed by atoms with van der Waals surface area (Å²) in [5.74, 6) is -0.808. The molecule has 6 nitrogen and oxygen atoms in total. The number of rotatable bonds is 5. The molecule has 25 heavy (non-hydrogen) atoms. The second kappa shape index (κ2) is 6.96. The van der Waals surface area contributed by atoms with Gasteiger partial charge >= 0.3 is 5.97 Å². The Labute approximate surface area is 144 Å². The van der Waals surface area contributed by atoms with Gasteiger partial charge in [0, 0.05) is 0 Å². The minimum atomic E-state index is -0.503. The maximum atomic E-state index is 13.2. The molecule has 0 aliphatic carbocycles. The van der Waals surface area contributed by atoms with Crippen LogP contribution < -0.4 is 0 Å². The van der Waals surface area contributed by atoms with Crippen LogP contribution in [0.5, 0.6) is 0 Å². The molecule has 2 aromatic heterocycles. The highest BCUT2D eigenvalue weighted by Gasteiger charge is 2.22. The van der Waals surface area contributed by atoms with Crippen LogP contribution in [0.15, 0.2) is 24.3 Å². The number of nitrogens with zero attached hydrogens (tertiary/aromatic N) is 4. The van der Waals surface area contributed by atoms with E-state index in [9.17, 15) is 9.18 Å². The zero-order valence-electron chi connectivity index (χ0n) is 14.4. The van der Waals surface area contributed by atoms with Crippen LogP contribution >= 0.6 is 0 Å². The molecule has 0 aliphatic heterocycles.